The van der Waals surface area contributed by atoms with Gasteiger partial charge in [-0.1, -0.05) is 56.3 Å². The molecule has 2 rings (SSSR count). The second-order valence-corrected chi connectivity index (χ2v) is 4.45. The van der Waals surface area contributed by atoms with Crippen molar-refractivity contribution in [3.05, 3.63) is 65.7 Å². The zero-order valence-electron chi connectivity index (χ0n) is 13.7. The van der Waals surface area contributed by atoms with Crippen molar-refractivity contribution in [2.24, 2.45) is 0 Å². The zero-order chi connectivity index (χ0) is 17.1. The molecule has 23 heavy (non-hydrogen) atoms. The molecule has 0 fully saturated rings. The molecule has 0 amide bonds. The number of carbonyl (C=O) groups excluding carboxylic acids is 2. The molecule has 0 aliphatic carbocycles. The molecule has 0 heterocycles. The summed E-state index contributed by atoms with van der Waals surface area (Å²) in [5.74, 6) is -0.404. The highest BCUT2D eigenvalue weighted by Crippen LogP contribution is 2.21. The summed E-state index contributed by atoms with van der Waals surface area (Å²) in [6.07, 6.45) is -0.289. The van der Waals surface area contributed by atoms with Crippen molar-refractivity contribution in [3.63, 3.8) is 0 Å². The normalized spacial score (nSPS) is 9.35. The third-order valence-electron chi connectivity index (χ3n) is 2.96. The van der Waals surface area contributed by atoms with E-state index in [9.17, 15) is 9.59 Å². The van der Waals surface area contributed by atoms with E-state index in [1.165, 1.54) is 7.11 Å². The lowest BCUT2D eigenvalue weighted by atomic mass is 10.1. The largest absolute Gasteiger partial charge is 0.488 e. The summed E-state index contributed by atoms with van der Waals surface area (Å²) in [5.41, 5.74) is 1.39. The van der Waals surface area contributed by atoms with E-state index >= 15 is 0 Å². The van der Waals surface area contributed by atoms with Crippen molar-refractivity contribution in [2.75, 3.05) is 7.11 Å². The predicted octanol–water partition coefficient (Wildman–Crippen LogP) is 4.04. The van der Waals surface area contributed by atoms with Crippen LogP contribution in [0.2, 0.25) is 0 Å². The molecular weight excluding hydrogens is 292 g/mol. The molecule has 0 saturated carbocycles. The molecule has 2 aromatic carbocycles. The molecule has 0 aliphatic heterocycles. The van der Waals surface area contributed by atoms with E-state index in [2.05, 4.69) is 4.74 Å². The summed E-state index contributed by atoms with van der Waals surface area (Å²) in [5, 5.41) is 0. The van der Waals surface area contributed by atoms with Crippen molar-refractivity contribution >= 4 is 11.8 Å². The standard InChI is InChI=1S/C17H16O4.C2H6/c1-20-17(19)11-15(18)14-9-5-6-10-16(14)21-12-13-7-3-2-4-8-13;1-2/h2-10H,11-12H2,1H3;1-2H3. The number of Topliss-reactive ketones (excluding diaryl/α,β-unsaturated/α-hetero) is 1. The summed E-state index contributed by atoms with van der Waals surface area (Å²) in [7, 11) is 1.26. The number of methoxy groups -OCH3 is 1. The van der Waals surface area contributed by atoms with Crippen LogP contribution in [0, 0.1) is 0 Å². The lowest BCUT2D eigenvalue weighted by molar-refractivity contribution is -0.139. The first-order valence-electron chi connectivity index (χ1n) is 7.56. The van der Waals surface area contributed by atoms with Gasteiger partial charge in [0.1, 0.15) is 18.8 Å². The zero-order valence-corrected chi connectivity index (χ0v) is 13.7. The molecule has 122 valence electrons. The number of para-hydroxylation sites is 1. The summed E-state index contributed by atoms with van der Waals surface area (Å²) < 4.78 is 10.2. The van der Waals surface area contributed by atoms with Crippen LogP contribution >= 0.6 is 0 Å². The second kappa shape index (κ2) is 10.2. The van der Waals surface area contributed by atoms with E-state index in [0.29, 0.717) is 17.9 Å². The van der Waals surface area contributed by atoms with Crippen molar-refractivity contribution in [1.29, 1.82) is 0 Å². The summed E-state index contributed by atoms with van der Waals surface area (Å²) in [6.45, 7) is 4.36. The average molecular weight is 314 g/mol. The van der Waals surface area contributed by atoms with E-state index in [1.54, 1.807) is 24.3 Å². The van der Waals surface area contributed by atoms with Crippen LogP contribution in [-0.4, -0.2) is 18.9 Å². The number of esters is 1. The van der Waals surface area contributed by atoms with Crippen LogP contribution in [0.15, 0.2) is 54.6 Å². The molecule has 0 saturated heterocycles. The van der Waals surface area contributed by atoms with Crippen molar-refractivity contribution < 1.29 is 19.1 Å². The highest BCUT2D eigenvalue weighted by atomic mass is 16.5. The lowest BCUT2D eigenvalue weighted by Crippen LogP contribution is -2.11. The van der Waals surface area contributed by atoms with Gasteiger partial charge in [0.25, 0.3) is 0 Å². The predicted molar refractivity (Wildman–Crippen MR) is 89.5 cm³/mol. The number of hydrogen-bond donors (Lipinski definition) is 0. The van der Waals surface area contributed by atoms with Crippen LogP contribution < -0.4 is 4.74 Å². The van der Waals surface area contributed by atoms with Gasteiger partial charge in [-0.05, 0) is 17.7 Å². The van der Waals surface area contributed by atoms with Crippen LogP contribution in [-0.2, 0) is 16.1 Å². The quantitative estimate of drug-likeness (QED) is 0.459. The molecule has 0 radical (unpaired) electrons. The van der Waals surface area contributed by atoms with Gasteiger partial charge in [0.05, 0.1) is 12.7 Å². The fourth-order valence-electron chi connectivity index (χ4n) is 1.86. The van der Waals surface area contributed by atoms with Crippen LogP contribution in [0.1, 0.15) is 36.2 Å². The molecule has 0 aliphatic rings. The van der Waals surface area contributed by atoms with Crippen LogP contribution in [0.4, 0.5) is 0 Å². The van der Waals surface area contributed by atoms with Gasteiger partial charge in [0, 0.05) is 0 Å². The fourth-order valence-corrected chi connectivity index (χ4v) is 1.86. The minimum Gasteiger partial charge on any atom is -0.488 e. The highest BCUT2D eigenvalue weighted by Gasteiger charge is 2.16. The van der Waals surface area contributed by atoms with Crippen molar-refractivity contribution in [1.82, 2.24) is 0 Å². The first-order valence-corrected chi connectivity index (χ1v) is 7.56. The van der Waals surface area contributed by atoms with Gasteiger partial charge in [-0.2, -0.15) is 0 Å². The molecule has 4 nitrogen and oxygen atoms in total. The molecule has 2 aromatic rings. The monoisotopic (exact) mass is 314 g/mol. The average Bonchev–Trinajstić information content (AvgIpc) is 2.62. The fraction of sp³-hybridized carbons (Fsp3) is 0.263. The van der Waals surface area contributed by atoms with Gasteiger partial charge in [0.2, 0.25) is 0 Å². The van der Waals surface area contributed by atoms with E-state index < -0.39 is 5.97 Å². The first-order chi connectivity index (χ1) is 11.2. The summed E-state index contributed by atoms with van der Waals surface area (Å²) >= 11 is 0. The van der Waals surface area contributed by atoms with Gasteiger partial charge in [-0.25, -0.2) is 0 Å². The van der Waals surface area contributed by atoms with Gasteiger partial charge < -0.3 is 9.47 Å². The number of ketones is 1. The Kier molecular flexibility index (Phi) is 8.14. The van der Waals surface area contributed by atoms with E-state index in [1.807, 2.05) is 44.2 Å². The molecular formula is C19H22O4. The van der Waals surface area contributed by atoms with E-state index in [0.717, 1.165) is 5.56 Å². The molecule has 0 atom stereocenters. The summed E-state index contributed by atoms with van der Waals surface area (Å²) in [6, 6.07) is 16.5. The first kappa shape index (κ1) is 18.4. The molecule has 0 spiro atoms. The topological polar surface area (TPSA) is 52.6 Å². The van der Waals surface area contributed by atoms with E-state index in [4.69, 9.17) is 4.74 Å². The third-order valence-corrected chi connectivity index (χ3v) is 2.96. The van der Waals surface area contributed by atoms with Crippen LogP contribution in [0.3, 0.4) is 0 Å². The Labute approximate surface area is 137 Å². The Balaban J connectivity index is 0.00000127. The number of rotatable bonds is 6. The van der Waals surface area contributed by atoms with Crippen molar-refractivity contribution in [2.45, 2.75) is 26.9 Å². The smallest absolute Gasteiger partial charge is 0.313 e. The molecule has 0 N–H and O–H groups in total. The maximum atomic E-state index is 12.1. The van der Waals surface area contributed by atoms with Crippen LogP contribution in [0.5, 0.6) is 5.75 Å². The number of carbonyl (C=O) groups is 2. The number of hydrogen-bond acceptors (Lipinski definition) is 4. The van der Waals surface area contributed by atoms with E-state index in [-0.39, 0.29) is 12.2 Å². The molecule has 0 aromatic heterocycles. The van der Waals surface area contributed by atoms with Crippen molar-refractivity contribution in [3.8, 4) is 5.75 Å². The Bertz CT molecular complexity index is 620. The van der Waals surface area contributed by atoms with Gasteiger partial charge in [-0.15, -0.1) is 0 Å². The third kappa shape index (κ3) is 5.94. The molecule has 0 unspecified atom stereocenters. The molecule has 0 bridgehead atoms. The minimum atomic E-state index is -0.558. The second-order valence-electron chi connectivity index (χ2n) is 4.45. The maximum Gasteiger partial charge on any atom is 0.313 e. The highest BCUT2D eigenvalue weighted by molar-refractivity contribution is 6.07. The number of ether oxygens (including phenoxy) is 2. The number of benzene rings is 2. The van der Waals surface area contributed by atoms with Crippen LogP contribution in [0.25, 0.3) is 0 Å². The minimum absolute atomic E-state index is 0.289. The Morgan fingerprint density at radius 2 is 1.52 bits per heavy atom. The molecule has 4 heteroatoms. The van der Waals surface area contributed by atoms with Gasteiger partial charge in [-0.3, -0.25) is 9.59 Å². The van der Waals surface area contributed by atoms with Gasteiger partial charge in [0.15, 0.2) is 5.78 Å². The Morgan fingerprint density at radius 1 is 0.913 bits per heavy atom. The lowest BCUT2D eigenvalue weighted by Gasteiger charge is -2.10. The SMILES string of the molecule is CC.COC(=O)CC(=O)c1ccccc1OCc1ccccc1. The Morgan fingerprint density at radius 3 is 2.17 bits per heavy atom. The van der Waals surface area contributed by atoms with Gasteiger partial charge >= 0.3 is 5.97 Å². The summed E-state index contributed by atoms with van der Waals surface area (Å²) in [4.78, 5) is 23.3. The Hall–Kier alpha value is -2.62. The maximum absolute atomic E-state index is 12.1.